The molecule has 90 heavy (non-hydrogen) atoms. The second-order valence-corrected chi connectivity index (χ2v) is 29.9. The predicted molar refractivity (Wildman–Crippen MR) is 394 cm³/mol. The van der Waals surface area contributed by atoms with E-state index in [-0.39, 0.29) is 50.5 Å². The molecule has 0 radical (unpaired) electrons. The van der Waals surface area contributed by atoms with Crippen molar-refractivity contribution in [3.8, 4) is 17.2 Å². The highest BCUT2D eigenvalue weighted by molar-refractivity contribution is 7.08. The maximum absolute atomic E-state index is 7.62. The summed E-state index contributed by atoms with van der Waals surface area (Å²) in [4.78, 5) is 5.39. The van der Waals surface area contributed by atoms with Crippen LogP contribution < -0.4 is 84.8 Å². The van der Waals surface area contributed by atoms with Gasteiger partial charge in [0.15, 0.2) is 0 Å². The molecule has 4 nitrogen and oxygen atoms in total. The smallest absolute Gasteiger partial charge is 0.252 e. The first kappa shape index (κ1) is 60.0. The average molecular weight is 1180 g/mol. The zero-order chi connectivity index (χ0) is 63.4. The van der Waals surface area contributed by atoms with E-state index >= 15 is 0 Å². The van der Waals surface area contributed by atoms with E-state index in [0.29, 0.717) is 29.6 Å². The number of hydrogen-bond donors (Lipinski definition) is 0. The molecule has 0 saturated heterocycles. The van der Waals surface area contributed by atoms with Crippen molar-refractivity contribution in [3.05, 3.63) is 196 Å². The Bertz CT molecular complexity index is 4310. The summed E-state index contributed by atoms with van der Waals surface area (Å²) < 4.78 is 15.1. The SMILES string of the molecule is COc1c2c3c4c5c1B(c1c(C(C)C)cc(C(C)C)cc1C(C)C)c1ccccc1N5c1cc5c(cc1B4c1ccccc1N3c1ccccc1B2c1c(C(C)C)cc(C(C)C)cc1C(C)C)B(c1c(C(C)C)cc(C(C)C)cc1C(C)C)c1ccccc1O5. The van der Waals surface area contributed by atoms with Crippen LogP contribution in [0.15, 0.2) is 146 Å². The molecule has 0 amide bonds. The van der Waals surface area contributed by atoms with Gasteiger partial charge in [-0.1, -0.05) is 256 Å². The molecule has 0 aromatic heterocycles. The van der Waals surface area contributed by atoms with Gasteiger partial charge in [0, 0.05) is 40.2 Å². The topological polar surface area (TPSA) is 24.9 Å². The highest BCUT2D eigenvalue weighted by Gasteiger charge is 2.56. The lowest BCUT2D eigenvalue weighted by Crippen LogP contribution is -2.72. The molecule has 0 saturated carbocycles. The molecule has 5 aliphatic heterocycles. The van der Waals surface area contributed by atoms with E-state index in [9.17, 15) is 0 Å². The van der Waals surface area contributed by atoms with Gasteiger partial charge in [0.05, 0.1) is 7.11 Å². The summed E-state index contributed by atoms with van der Waals surface area (Å²) in [5.74, 6) is 5.62. The summed E-state index contributed by atoms with van der Waals surface area (Å²) in [5, 5.41) is 0. The van der Waals surface area contributed by atoms with Crippen LogP contribution in [0.5, 0.6) is 17.2 Å². The summed E-state index contributed by atoms with van der Waals surface area (Å²) in [6, 6.07) is 57.8. The fraction of sp³-hybridized carbons (Fsp3) is 0.341. The quantitative estimate of drug-likeness (QED) is 0.107. The molecule has 0 aliphatic carbocycles. The number of benzene rings is 9. The molecular weight excluding hydrogens is 1090 g/mol. The lowest BCUT2D eigenvalue weighted by molar-refractivity contribution is 0.421. The average Bonchev–Trinajstić information content (AvgIpc) is 0.661. The highest BCUT2D eigenvalue weighted by Crippen LogP contribution is 2.49. The van der Waals surface area contributed by atoms with E-state index in [2.05, 4.69) is 280 Å². The zero-order valence-electron chi connectivity index (χ0n) is 57.1. The van der Waals surface area contributed by atoms with Crippen LogP contribution in [-0.4, -0.2) is 34.0 Å². The maximum Gasteiger partial charge on any atom is 0.252 e. The summed E-state index contributed by atoms with van der Waals surface area (Å²) in [6.07, 6.45) is 0. The third-order valence-electron chi connectivity index (χ3n) is 21.4. The van der Waals surface area contributed by atoms with Crippen LogP contribution >= 0.6 is 0 Å². The van der Waals surface area contributed by atoms with E-state index < -0.39 is 0 Å². The van der Waals surface area contributed by atoms with Crippen molar-refractivity contribution in [2.75, 3.05) is 16.9 Å². The van der Waals surface area contributed by atoms with Gasteiger partial charge in [0.2, 0.25) is 0 Å². The molecule has 0 spiro atoms. The molecule has 0 bridgehead atoms. The van der Waals surface area contributed by atoms with E-state index in [4.69, 9.17) is 9.47 Å². The normalized spacial score (nSPS) is 14.1. The Balaban J connectivity index is 1.20. The summed E-state index contributed by atoms with van der Waals surface area (Å²) in [6.45, 7) is 42.5. The molecule has 14 rings (SSSR count). The minimum absolute atomic E-state index is 0.0759. The van der Waals surface area contributed by atoms with Crippen molar-refractivity contribution in [1.29, 1.82) is 0 Å². The molecule has 8 heteroatoms. The molecule has 0 atom stereocenters. The van der Waals surface area contributed by atoms with Crippen molar-refractivity contribution in [2.45, 2.75) is 178 Å². The van der Waals surface area contributed by atoms with Gasteiger partial charge in [-0.3, -0.25) is 0 Å². The van der Waals surface area contributed by atoms with Crippen LogP contribution in [0.2, 0.25) is 0 Å². The van der Waals surface area contributed by atoms with Gasteiger partial charge in [-0.25, -0.2) is 0 Å². The van der Waals surface area contributed by atoms with Crippen molar-refractivity contribution in [3.63, 3.8) is 0 Å². The zero-order valence-corrected chi connectivity index (χ0v) is 57.1. The lowest BCUT2D eigenvalue weighted by Gasteiger charge is -2.52. The molecule has 452 valence electrons. The molecule has 5 heterocycles. The summed E-state index contributed by atoms with van der Waals surface area (Å²) >= 11 is 0. The Hall–Kier alpha value is -7.56. The third kappa shape index (κ3) is 8.93. The Morgan fingerprint density at radius 2 is 0.611 bits per heavy atom. The molecule has 9 aromatic rings. The molecule has 0 N–H and O–H groups in total. The van der Waals surface area contributed by atoms with E-state index in [1.165, 1.54) is 144 Å². The summed E-state index contributed by atoms with van der Waals surface area (Å²) in [7, 11) is 1.99. The lowest BCUT2D eigenvalue weighted by atomic mass is 9.25. The largest absolute Gasteiger partial charge is 0.498 e. The maximum atomic E-state index is 7.62. The second-order valence-electron chi connectivity index (χ2n) is 29.9. The van der Waals surface area contributed by atoms with Gasteiger partial charge in [-0.05, 0) is 177 Å². The molecule has 5 aliphatic rings. The van der Waals surface area contributed by atoms with Crippen molar-refractivity contribution in [2.24, 2.45) is 0 Å². The number of nitrogens with zero attached hydrogens (tertiary/aromatic N) is 2. The molecule has 0 fully saturated rings. The third-order valence-corrected chi connectivity index (χ3v) is 21.4. The molecule has 0 unspecified atom stereocenters. The van der Waals surface area contributed by atoms with Gasteiger partial charge in [0.25, 0.3) is 26.9 Å². The van der Waals surface area contributed by atoms with Crippen LogP contribution in [0.1, 0.15) is 228 Å². The first-order valence-electron chi connectivity index (χ1n) is 34.2. The number of rotatable bonds is 13. The fourth-order valence-corrected chi connectivity index (χ4v) is 17.0. The van der Waals surface area contributed by atoms with Crippen LogP contribution in [0.4, 0.5) is 34.1 Å². The fourth-order valence-electron chi connectivity index (χ4n) is 17.0. The summed E-state index contributed by atoms with van der Waals surface area (Å²) in [5.41, 5.74) is 35.9. The first-order chi connectivity index (χ1) is 43.1. The van der Waals surface area contributed by atoms with Crippen LogP contribution in [-0.2, 0) is 0 Å². The van der Waals surface area contributed by atoms with Gasteiger partial charge >= 0.3 is 0 Å². The van der Waals surface area contributed by atoms with Crippen molar-refractivity contribution >= 4 is 127 Å². The molecular formula is C82H90B4N2O2. The van der Waals surface area contributed by atoms with Crippen molar-refractivity contribution in [1.82, 2.24) is 0 Å². The van der Waals surface area contributed by atoms with Gasteiger partial charge in [-0.15, -0.1) is 0 Å². The number of para-hydroxylation sites is 4. The monoisotopic (exact) mass is 1180 g/mol. The number of ether oxygens (including phenoxy) is 2. The van der Waals surface area contributed by atoms with Gasteiger partial charge < -0.3 is 19.3 Å². The van der Waals surface area contributed by atoms with Crippen LogP contribution in [0, 0.1) is 0 Å². The number of hydrogen-bond acceptors (Lipinski definition) is 4. The first-order valence-corrected chi connectivity index (χ1v) is 34.2. The van der Waals surface area contributed by atoms with Crippen molar-refractivity contribution < 1.29 is 9.47 Å². The Morgan fingerprint density at radius 3 is 0.978 bits per heavy atom. The van der Waals surface area contributed by atoms with Gasteiger partial charge in [0.1, 0.15) is 17.2 Å². The van der Waals surface area contributed by atoms with E-state index in [1.807, 2.05) is 7.11 Å². The minimum atomic E-state index is -0.175. The second kappa shape index (κ2) is 22.4. The molecule has 9 aromatic carbocycles. The number of methoxy groups -OCH3 is 1. The standard InChI is InChI=1S/C82H90B4N2O2/c1-44(2)53-36-56(47(7)8)74(57(37-53)48(9)10)84-65-31-23-27-35-72(65)90-73-43-71-66(42-67(73)84)83-62-28-20-24-32-68(62)87-69-33-25-21-29-63(69)85(75-58(49(11)12)38-54(45(3)4)39-59(75)50(13)14)78-80(87)77(83)81-79(82(78)89-19)86(64-30-22-26-34-70(64)88(71)81)76-60(51(15)16)40-55(46(5)6)41-61(76)52(17)18/h20-52H,1-19H3. The van der Waals surface area contributed by atoms with Crippen LogP contribution in [0.3, 0.4) is 0 Å². The Kier molecular flexibility index (Phi) is 14.9. The highest BCUT2D eigenvalue weighted by atomic mass is 16.5. The minimum Gasteiger partial charge on any atom is -0.498 e. The Labute approximate surface area is 540 Å². The van der Waals surface area contributed by atoms with Gasteiger partial charge in [-0.2, -0.15) is 0 Å². The number of anilines is 6. The number of fused-ring (bicyclic) bond motifs is 12. The van der Waals surface area contributed by atoms with E-state index in [0.717, 1.165) is 22.9 Å². The van der Waals surface area contributed by atoms with Crippen LogP contribution in [0.25, 0.3) is 0 Å². The van der Waals surface area contributed by atoms with E-state index in [1.54, 1.807) is 0 Å². The predicted octanol–water partition coefficient (Wildman–Crippen LogP) is 14.2. The Morgan fingerprint density at radius 1 is 0.289 bits per heavy atom.